The van der Waals surface area contributed by atoms with Crippen LogP contribution < -0.4 is 5.32 Å². The highest BCUT2D eigenvalue weighted by Gasteiger charge is 2.24. The maximum Gasteiger partial charge on any atom is 0.239 e. The van der Waals surface area contributed by atoms with Gasteiger partial charge in [0.2, 0.25) is 5.91 Å². The maximum absolute atomic E-state index is 11.7. The fourth-order valence-electron chi connectivity index (χ4n) is 1.65. The molecule has 13 heavy (non-hydrogen) atoms. The van der Waals surface area contributed by atoms with E-state index in [1.165, 1.54) is 0 Å². The van der Waals surface area contributed by atoms with Crippen molar-refractivity contribution in [1.29, 1.82) is 0 Å². The highest BCUT2D eigenvalue weighted by Crippen LogP contribution is 2.07. The van der Waals surface area contributed by atoms with Crippen molar-refractivity contribution in [1.82, 2.24) is 10.2 Å². The Balaban J connectivity index is 0.00000144. The average Bonchev–Trinajstić information content (AvgIpc) is 2.58. The van der Waals surface area contributed by atoms with Crippen molar-refractivity contribution in [3.05, 3.63) is 0 Å². The Labute approximate surface area is 86.3 Å². The summed E-state index contributed by atoms with van der Waals surface area (Å²) in [7, 11) is 0. The van der Waals surface area contributed by atoms with E-state index in [-0.39, 0.29) is 24.4 Å². The number of rotatable bonds is 3. The number of nitrogens with zero attached hydrogens (tertiary/aromatic N) is 1. The van der Waals surface area contributed by atoms with Gasteiger partial charge in [-0.15, -0.1) is 12.4 Å². The van der Waals surface area contributed by atoms with Crippen molar-refractivity contribution in [3.63, 3.8) is 0 Å². The van der Waals surface area contributed by atoms with Gasteiger partial charge in [-0.3, -0.25) is 4.79 Å². The Hall–Kier alpha value is -0.280. The molecule has 1 fully saturated rings. The van der Waals surface area contributed by atoms with Gasteiger partial charge in [-0.2, -0.15) is 0 Å². The second kappa shape index (κ2) is 6.22. The van der Waals surface area contributed by atoms with Crippen LogP contribution in [0.1, 0.15) is 26.7 Å². The first-order valence-electron chi connectivity index (χ1n) is 4.81. The van der Waals surface area contributed by atoms with Gasteiger partial charge in [0.15, 0.2) is 0 Å². The summed E-state index contributed by atoms with van der Waals surface area (Å²) in [5.74, 6) is 0.275. The van der Waals surface area contributed by atoms with Crippen LogP contribution in [-0.4, -0.2) is 36.5 Å². The van der Waals surface area contributed by atoms with Crippen LogP contribution in [-0.2, 0) is 4.79 Å². The molecule has 0 aromatic rings. The first-order valence-corrected chi connectivity index (χ1v) is 4.81. The minimum absolute atomic E-state index is 0. The number of amides is 1. The van der Waals surface area contributed by atoms with Gasteiger partial charge in [-0.05, 0) is 33.2 Å². The molecule has 1 N–H and O–H groups in total. The van der Waals surface area contributed by atoms with Crippen molar-refractivity contribution >= 4 is 18.3 Å². The van der Waals surface area contributed by atoms with E-state index in [0.717, 1.165) is 32.5 Å². The summed E-state index contributed by atoms with van der Waals surface area (Å²) in [5, 5.41) is 3.21. The van der Waals surface area contributed by atoms with E-state index >= 15 is 0 Å². The number of halogens is 1. The Morgan fingerprint density at radius 1 is 1.46 bits per heavy atom. The Bertz CT molecular complexity index is 150. The van der Waals surface area contributed by atoms with Crippen LogP contribution in [0.2, 0.25) is 0 Å². The SMILES string of the molecule is CCN(CC)C(=O)C1CCCN1.Cl. The third-order valence-corrected chi connectivity index (χ3v) is 2.43. The van der Waals surface area contributed by atoms with Crippen molar-refractivity contribution in [3.8, 4) is 0 Å². The molecule has 1 rings (SSSR count). The lowest BCUT2D eigenvalue weighted by Crippen LogP contribution is -2.43. The van der Waals surface area contributed by atoms with Crippen LogP contribution in [0.3, 0.4) is 0 Å². The lowest BCUT2D eigenvalue weighted by molar-refractivity contribution is -0.132. The van der Waals surface area contributed by atoms with Crippen LogP contribution in [0.25, 0.3) is 0 Å². The zero-order chi connectivity index (χ0) is 8.97. The van der Waals surface area contributed by atoms with Crippen molar-refractivity contribution in [2.75, 3.05) is 19.6 Å². The summed E-state index contributed by atoms with van der Waals surface area (Å²) >= 11 is 0. The molecule has 1 atom stereocenters. The topological polar surface area (TPSA) is 32.3 Å². The Morgan fingerprint density at radius 2 is 2.08 bits per heavy atom. The van der Waals surface area contributed by atoms with Crippen LogP contribution >= 0.6 is 12.4 Å². The molecule has 78 valence electrons. The number of hydrogen-bond acceptors (Lipinski definition) is 2. The number of carbonyl (C=O) groups excluding carboxylic acids is 1. The maximum atomic E-state index is 11.7. The fraction of sp³-hybridized carbons (Fsp3) is 0.889. The Kier molecular flexibility index (Phi) is 6.08. The second-order valence-corrected chi connectivity index (χ2v) is 3.16. The van der Waals surface area contributed by atoms with Crippen LogP contribution in [0.15, 0.2) is 0 Å². The molecular weight excluding hydrogens is 188 g/mol. The molecule has 1 heterocycles. The predicted octanol–water partition coefficient (Wildman–Crippen LogP) is 1.03. The molecule has 0 aromatic carbocycles. The lowest BCUT2D eigenvalue weighted by Gasteiger charge is -2.22. The quantitative estimate of drug-likeness (QED) is 0.748. The summed E-state index contributed by atoms with van der Waals surface area (Å²) in [6.45, 7) is 6.70. The molecule has 0 bridgehead atoms. The van der Waals surface area contributed by atoms with E-state index in [1.807, 2.05) is 18.7 Å². The number of likely N-dealkylation sites (N-methyl/N-ethyl adjacent to an activating group) is 1. The van der Waals surface area contributed by atoms with Crippen LogP contribution in [0, 0.1) is 0 Å². The fourth-order valence-corrected chi connectivity index (χ4v) is 1.65. The number of carbonyl (C=O) groups is 1. The van der Waals surface area contributed by atoms with Gasteiger partial charge >= 0.3 is 0 Å². The van der Waals surface area contributed by atoms with Gasteiger partial charge in [0.1, 0.15) is 0 Å². The molecule has 1 amide bonds. The predicted molar refractivity (Wildman–Crippen MR) is 56.2 cm³/mol. The van der Waals surface area contributed by atoms with Gasteiger partial charge in [0.25, 0.3) is 0 Å². The molecule has 0 radical (unpaired) electrons. The van der Waals surface area contributed by atoms with Crippen molar-refractivity contribution in [2.24, 2.45) is 0 Å². The minimum atomic E-state index is 0. The average molecular weight is 207 g/mol. The number of nitrogens with one attached hydrogen (secondary N) is 1. The summed E-state index contributed by atoms with van der Waals surface area (Å²) < 4.78 is 0. The summed E-state index contributed by atoms with van der Waals surface area (Å²) in [6.07, 6.45) is 2.15. The van der Waals surface area contributed by atoms with E-state index in [4.69, 9.17) is 0 Å². The highest BCUT2D eigenvalue weighted by atomic mass is 35.5. The third kappa shape index (κ3) is 3.16. The molecule has 1 aliphatic heterocycles. The van der Waals surface area contributed by atoms with Crippen LogP contribution in [0.5, 0.6) is 0 Å². The summed E-state index contributed by atoms with van der Waals surface area (Å²) in [6, 6.07) is 0.102. The first-order chi connectivity index (χ1) is 5.79. The van der Waals surface area contributed by atoms with Gasteiger partial charge in [0, 0.05) is 13.1 Å². The molecular formula is C9H19ClN2O. The second-order valence-electron chi connectivity index (χ2n) is 3.16. The standard InChI is InChI=1S/C9H18N2O.ClH/c1-3-11(4-2)9(12)8-6-5-7-10-8;/h8,10H,3-7H2,1-2H3;1H. The molecule has 0 spiro atoms. The van der Waals surface area contributed by atoms with Gasteiger partial charge in [-0.1, -0.05) is 0 Å². The first kappa shape index (κ1) is 12.7. The molecule has 0 aromatic heterocycles. The minimum Gasteiger partial charge on any atom is -0.342 e. The molecule has 0 aliphatic carbocycles. The zero-order valence-electron chi connectivity index (χ0n) is 8.38. The third-order valence-electron chi connectivity index (χ3n) is 2.43. The van der Waals surface area contributed by atoms with E-state index in [2.05, 4.69) is 5.32 Å². The molecule has 4 heteroatoms. The zero-order valence-corrected chi connectivity index (χ0v) is 9.19. The monoisotopic (exact) mass is 206 g/mol. The van der Waals surface area contributed by atoms with Crippen LogP contribution in [0.4, 0.5) is 0 Å². The van der Waals surface area contributed by atoms with E-state index < -0.39 is 0 Å². The van der Waals surface area contributed by atoms with E-state index in [0.29, 0.717) is 0 Å². The normalized spacial score (nSPS) is 20.9. The largest absolute Gasteiger partial charge is 0.342 e. The summed E-state index contributed by atoms with van der Waals surface area (Å²) in [5.41, 5.74) is 0. The van der Waals surface area contributed by atoms with Gasteiger partial charge in [0.05, 0.1) is 6.04 Å². The molecule has 1 unspecified atom stereocenters. The molecule has 1 aliphatic rings. The van der Waals surface area contributed by atoms with Gasteiger partial charge in [-0.25, -0.2) is 0 Å². The van der Waals surface area contributed by atoms with Gasteiger partial charge < -0.3 is 10.2 Å². The highest BCUT2D eigenvalue weighted by molar-refractivity contribution is 5.85. The van der Waals surface area contributed by atoms with Crippen molar-refractivity contribution in [2.45, 2.75) is 32.7 Å². The molecule has 0 saturated carbocycles. The Morgan fingerprint density at radius 3 is 2.46 bits per heavy atom. The van der Waals surface area contributed by atoms with E-state index in [9.17, 15) is 4.79 Å². The summed E-state index contributed by atoms with van der Waals surface area (Å²) in [4.78, 5) is 13.6. The lowest BCUT2D eigenvalue weighted by atomic mass is 10.2. The number of hydrogen-bond donors (Lipinski definition) is 1. The van der Waals surface area contributed by atoms with E-state index in [1.54, 1.807) is 0 Å². The molecule has 3 nitrogen and oxygen atoms in total. The smallest absolute Gasteiger partial charge is 0.239 e. The van der Waals surface area contributed by atoms with Crippen molar-refractivity contribution < 1.29 is 4.79 Å². The molecule has 1 saturated heterocycles.